The molecular weight excluding hydrogens is 588 g/mol. The summed E-state index contributed by atoms with van der Waals surface area (Å²) in [6.45, 7) is 2.06. The van der Waals surface area contributed by atoms with Gasteiger partial charge >= 0.3 is 0 Å². The Morgan fingerprint density at radius 2 is 1.67 bits per heavy atom. The SMILES string of the molecule is CC(Br)(Br)c1cc(Br)c(Br)c(Br)c1CBr. The number of hydrogen-bond donors (Lipinski definition) is 0. The Balaban J connectivity index is 3.53. The molecule has 0 unspecified atom stereocenters. The van der Waals surface area contributed by atoms with E-state index in [0.717, 1.165) is 18.7 Å². The van der Waals surface area contributed by atoms with Crippen LogP contribution in [0.3, 0.4) is 0 Å². The summed E-state index contributed by atoms with van der Waals surface area (Å²) in [4.78, 5) is 0. The standard InChI is InChI=1S/C9H6Br6/c1-9(14,15)5-2-6(11)8(13)7(12)4(5)3-10/h2H,3H2,1H3. The Morgan fingerprint density at radius 3 is 2.07 bits per heavy atom. The molecule has 1 aromatic rings. The van der Waals surface area contributed by atoms with Crippen molar-refractivity contribution in [3.8, 4) is 0 Å². The van der Waals surface area contributed by atoms with Gasteiger partial charge in [0, 0.05) is 18.7 Å². The number of halogens is 6. The fraction of sp³-hybridized carbons (Fsp3) is 0.333. The van der Waals surface area contributed by atoms with Crippen LogP contribution in [0, 0.1) is 0 Å². The molecule has 0 aromatic heterocycles. The monoisotopic (exact) mass is 588 g/mol. The zero-order valence-corrected chi connectivity index (χ0v) is 17.1. The van der Waals surface area contributed by atoms with Gasteiger partial charge in [-0.2, -0.15) is 0 Å². The van der Waals surface area contributed by atoms with Crippen LogP contribution in [0.5, 0.6) is 0 Å². The van der Waals surface area contributed by atoms with Crippen LogP contribution in [0.25, 0.3) is 0 Å². The first kappa shape index (κ1) is 15.2. The molecule has 0 fully saturated rings. The number of alkyl halides is 3. The fourth-order valence-electron chi connectivity index (χ4n) is 1.16. The third-order valence-corrected chi connectivity index (χ3v) is 6.67. The van der Waals surface area contributed by atoms with Gasteiger partial charge in [0.15, 0.2) is 0 Å². The average molecular weight is 594 g/mol. The lowest BCUT2D eigenvalue weighted by Crippen LogP contribution is -2.07. The first-order valence-corrected chi connectivity index (χ1v) is 8.98. The fourth-order valence-corrected chi connectivity index (χ4v) is 4.44. The van der Waals surface area contributed by atoms with Crippen molar-refractivity contribution in [1.82, 2.24) is 0 Å². The molecule has 1 rings (SSSR count). The van der Waals surface area contributed by atoms with Gasteiger partial charge in [-0.1, -0.05) is 47.8 Å². The summed E-state index contributed by atoms with van der Waals surface area (Å²) in [5, 5.41) is 0.793. The lowest BCUT2D eigenvalue weighted by atomic mass is 10.1. The summed E-state index contributed by atoms with van der Waals surface area (Å²) >= 11 is 21.4. The molecule has 0 saturated heterocycles. The second-order valence-corrected chi connectivity index (χ2v) is 10.3. The van der Waals surface area contributed by atoms with Crippen molar-refractivity contribution in [2.45, 2.75) is 15.5 Å². The molecule has 0 amide bonds. The normalized spacial score (nSPS) is 11.9. The van der Waals surface area contributed by atoms with Crippen molar-refractivity contribution in [1.29, 1.82) is 0 Å². The van der Waals surface area contributed by atoms with Gasteiger partial charge in [-0.05, 0) is 71.9 Å². The van der Waals surface area contributed by atoms with Crippen molar-refractivity contribution in [3.05, 3.63) is 30.6 Å². The minimum absolute atomic E-state index is 0.227. The van der Waals surface area contributed by atoms with Gasteiger partial charge in [-0.15, -0.1) is 0 Å². The molecule has 0 radical (unpaired) electrons. The topological polar surface area (TPSA) is 0 Å². The van der Waals surface area contributed by atoms with Crippen molar-refractivity contribution >= 4 is 95.6 Å². The van der Waals surface area contributed by atoms with Crippen LogP contribution in [0.4, 0.5) is 0 Å². The van der Waals surface area contributed by atoms with Crippen LogP contribution >= 0.6 is 95.6 Å². The van der Waals surface area contributed by atoms with Crippen LogP contribution in [0.15, 0.2) is 19.5 Å². The Morgan fingerprint density at radius 1 is 1.13 bits per heavy atom. The second-order valence-electron chi connectivity index (χ2n) is 3.03. The van der Waals surface area contributed by atoms with Gasteiger partial charge in [0.2, 0.25) is 0 Å². The number of hydrogen-bond acceptors (Lipinski definition) is 0. The summed E-state index contributed by atoms with van der Waals surface area (Å²) in [5.41, 5.74) is 2.39. The molecule has 0 bridgehead atoms. The lowest BCUT2D eigenvalue weighted by Gasteiger charge is -2.21. The maximum atomic E-state index is 3.61. The molecule has 0 atom stereocenters. The van der Waals surface area contributed by atoms with Gasteiger partial charge in [-0.3, -0.25) is 0 Å². The Labute approximate surface area is 140 Å². The molecule has 0 heterocycles. The van der Waals surface area contributed by atoms with E-state index in [4.69, 9.17) is 0 Å². The Hall–Kier alpha value is 2.10. The van der Waals surface area contributed by atoms with Crippen LogP contribution in [0.2, 0.25) is 0 Å². The van der Waals surface area contributed by atoms with Crippen molar-refractivity contribution in [2.75, 3.05) is 0 Å². The van der Waals surface area contributed by atoms with E-state index in [1.165, 1.54) is 11.1 Å². The van der Waals surface area contributed by atoms with Crippen molar-refractivity contribution < 1.29 is 0 Å². The molecule has 0 saturated carbocycles. The van der Waals surface area contributed by atoms with Gasteiger partial charge < -0.3 is 0 Å². The first-order chi connectivity index (χ1) is 6.79. The van der Waals surface area contributed by atoms with E-state index < -0.39 is 0 Å². The molecule has 0 nitrogen and oxygen atoms in total. The lowest BCUT2D eigenvalue weighted by molar-refractivity contribution is 1.02. The summed E-state index contributed by atoms with van der Waals surface area (Å²) < 4.78 is 2.90. The summed E-state index contributed by atoms with van der Waals surface area (Å²) in [5.74, 6) is 0. The van der Waals surface area contributed by atoms with E-state index in [9.17, 15) is 0 Å². The zero-order chi connectivity index (χ0) is 11.8. The predicted octanol–water partition coefficient (Wildman–Crippen LogP) is 6.83. The maximum absolute atomic E-state index is 3.61. The predicted molar refractivity (Wildman–Crippen MR) is 87.4 cm³/mol. The Kier molecular flexibility index (Phi) is 5.89. The second kappa shape index (κ2) is 5.83. The van der Waals surface area contributed by atoms with E-state index >= 15 is 0 Å². The highest BCUT2D eigenvalue weighted by molar-refractivity contribution is 9.24. The van der Waals surface area contributed by atoms with Crippen molar-refractivity contribution in [2.24, 2.45) is 0 Å². The zero-order valence-electron chi connectivity index (χ0n) is 7.55. The molecular formula is C9H6Br6. The summed E-state index contributed by atoms with van der Waals surface area (Å²) in [7, 11) is 0. The molecule has 0 aliphatic carbocycles. The average Bonchev–Trinajstić information content (AvgIpc) is 2.12. The third kappa shape index (κ3) is 3.53. The molecule has 6 heteroatoms. The third-order valence-electron chi connectivity index (χ3n) is 1.87. The summed E-state index contributed by atoms with van der Waals surface area (Å²) in [6.07, 6.45) is 0. The smallest absolute Gasteiger partial charge is 0.0876 e. The van der Waals surface area contributed by atoms with E-state index in [0.29, 0.717) is 0 Å². The first-order valence-electron chi connectivity index (χ1n) is 3.89. The molecule has 15 heavy (non-hydrogen) atoms. The maximum Gasteiger partial charge on any atom is 0.103 e. The van der Waals surface area contributed by atoms with E-state index in [1.807, 2.05) is 0 Å². The quantitative estimate of drug-likeness (QED) is 0.261. The number of benzene rings is 1. The Bertz CT molecular complexity index is 379. The van der Waals surface area contributed by atoms with Crippen LogP contribution < -0.4 is 0 Å². The summed E-state index contributed by atoms with van der Waals surface area (Å²) in [6, 6.07) is 2.09. The van der Waals surface area contributed by atoms with E-state index in [-0.39, 0.29) is 3.23 Å². The van der Waals surface area contributed by atoms with E-state index in [2.05, 4.69) is 109 Å². The largest absolute Gasteiger partial charge is 0.103 e. The molecule has 0 N–H and O–H groups in total. The molecule has 1 aromatic carbocycles. The van der Waals surface area contributed by atoms with Crippen LogP contribution in [-0.2, 0) is 8.56 Å². The molecule has 0 aliphatic rings. The molecule has 0 aliphatic heterocycles. The molecule has 0 spiro atoms. The molecule has 84 valence electrons. The minimum atomic E-state index is -0.227. The highest BCUT2D eigenvalue weighted by Gasteiger charge is 2.25. The van der Waals surface area contributed by atoms with Gasteiger partial charge in [-0.25, -0.2) is 0 Å². The van der Waals surface area contributed by atoms with Gasteiger partial charge in [0.05, 0.1) is 0 Å². The highest BCUT2D eigenvalue weighted by atomic mass is 79.9. The van der Waals surface area contributed by atoms with Gasteiger partial charge in [0.25, 0.3) is 0 Å². The van der Waals surface area contributed by atoms with E-state index in [1.54, 1.807) is 0 Å². The number of rotatable bonds is 2. The van der Waals surface area contributed by atoms with Gasteiger partial charge in [0.1, 0.15) is 3.23 Å². The van der Waals surface area contributed by atoms with Crippen molar-refractivity contribution in [3.63, 3.8) is 0 Å². The van der Waals surface area contributed by atoms with Crippen LogP contribution in [0.1, 0.15) is 18.1 Å². The van der Waals surface area contributed by atoms with Crippen LogP contribution in [-0.4, -0.2) is 0 Å². The minimum Gasteiger partial charge on any atom is -0.0876 e. The highest BCUT2D eigenvalue weighted by Crippen LogP contribution is 2.46.